The van der Waals surface area contributed by atoms with E-state index in [0.717, 1.165) is 4.47 Å². The first-order valence-electron chi connectivity index (χ1n) is 4.60. The maximum Gasteiger partial charge on any atom is 0.341 e. The first-order valence-corrected chi connectivity index (χ1v) is 7.77. The quantitative estimate of drug-likeness (QED) is 0.288. The predicted octanol–water partition coefficient (Wildman–Crippen LogP) is 4.62. The maximum absolute atomic E-state index is 11.8. The van der Waals surface area contributed by atoms with Crippen molar-refractivity contribution in [2.75, 3.05) is 0 Å². The van der Waals surface area contributed by atoms with Crippen molar-refractivity contribution in [1.29, 1.82) is 0 Å². The van der Waals surface area contributed by atoms with Gasteiger partial charge < -0.3 is 9.84 Å². The molecule has 0 radical (unpaired) electrons. The van der Waals surface area contributed by atoms with Gasteiger partial charge in [0.15, 0.2) is 0 Å². The van der Waals surface area contributed by atoms with Gasteiger partial charge in [0.1, 0.15) is 0 Å². The van der Waals surface area contributed by atoms with Gasteiger partial charge in [-0.15, -0.1) is 0 Å². The van der Waals surface area contributed by atoms with Crippen molar-refractivity contribution >= 4 is 69.7 Å². The van der Waals surface area contributed by atoms with Crippen molar-refractivity contribution in [3.8, 4) is 0 Å². The Morgan fingerprint density at radius 1 is 1.29 bits per heavy atom. The lowest BCUT2D eigenvalue weighted by Crippen LogP contribution is -2.17. The van der Waals surface area contributed by atoms with Crippen LogP contribution in [0.25, 0.3) is 0 Å². The second-order valence-electron chi connectivity index (χ2n) is 3.12. The van der Waals surface area contributed by atoms with Gasteiger partial charge >= 0.3 is 5.97 Å². The Balaban J connectivity index is 3.11. The van der Waals surface area contributed by atoms with E-state index in [0.29, 0.717) is 25.4 Å². The smallest absolute Gasteiger partial charge is 0.341 e. The molecule has 7 heteroatoms. The summed E-state index contributed by atoms with van der Waals surface area (Å²) >= 11 is 13.3. The van der Waals surface area contributed by atoms with Gasteiger partial charge in [-0.25, -0.2) is 4.79 Å². The van der Waals surface area contributed by atoms with Crippen LogP contribution in [0.2, 0.25) is 0 Å². The molecule has 0 bridgehead atoms. The topological polar surface area (TPSA) is 46.5 Å². The van der Waals surface area contributed by atoms with Crippen LogP contribution >= 0.6 is 63.7 Å². The van der Waals surface area contributed by atoms with Crippen molar-refractivity contribution in [3.05, 3.63) is 29.5 Å². The normalized spacial score (nSPS) is 12.4. The molecule has 17 heavy (non-hydrogen) atoms. The van der Waals surface area contributed by atoms with Crippen molar-refractivity contribution < 1.29 is 14.6 Å². The average molecular weight is 496 g/mol. The molecule has 1 atom stereocenters. The molecule has 3 nitrogen and oxygen atoms in total. The molecule has 0 saturated heterocycles. The molecule has 1 aromatic carbocycles. The minimum atomic E-state index is -1.09. The third kappa shape index (κ3) is 3.76. The summed E-state index contributed by atoms with van der Waals surface area (Å²) < 4.78 is 7.62. The van der Waals surface area contributed by atoms with E-state index in [4.69, 9.17) is 4.74 Å². The third-order valence-electron chi connectivity index (χ3n) is 1.91. The highest BCUT2D eigenvalue weighted by Crippen LogP contribution is 2.39. The summed E-state index contributed by atoms with van der Waals surface area (Å²) in [5.74, 6) is -0.583. The molecule has 0 saturated carbocycles. The van der Waals surface area contributed by atoms with Crippen molar-refractivity contribution in [3.63, 3.8) is 0 Å². The summed E-state index contributed by atoms with van der Waals surface area (Å²) in [6.45, 7) is 1.72. The van der Waals surface area contributed by atoms with Gasteiger partial charge in [0.2, 0.25) is 6.29 Å². The van der Waals surface area contributed by atoms with E-state index in [9.17, 15) is 9.90 Å². The lowest BCUT2D eigenvalue weighted by Gasteiger charge is -2.12. The van der Waals surface area contributed by atoms with Gasteiger partial charge in [-0.1, -0.05) is 6.92 Å². The largest absolute Gasteiger partial charge is 0.432 e. The molecule has 0 aromatic heterocycles. The van der Waals surface area contributed by atoms with Crippen molar-refractivity contribution in [2.45, 2.75) is 19.6 Å². The first-order chi connectivity index (χ1) is 7.88. The second kappa shape index (κ2) is 6.65. The summed E-state index contributed by atoms with van der Waals surface area (Å²) in [5, 5.41) is 9.28. The van der Waals surface area contributed by atoms with Crippen molar-refractivity contribution in [2.24, 2.45) is 0 Å². The third-order valence-corrected chi connectivity index (χ3v) is 6.58. The van der Waals surface area contributed by atoms with Gasteiger partial charge in [0.05, 0.1) is 5.56 Å². The van der Waals surface area contributed by atoms with Crippen LogP contribution in [0.1, 0.15) is 23.7 Å². The molecule has 0 heterocycles. The summed E-state index contributed by atoms with van der Waals surface area (Å²) in [6, 6.07) is 1.61. The average Bonchev–Trinajstić information content (AvgIpc) is 2.30. The monoisotopic (exact) mass is 492 g/mol. The molecule has 1 aromatic rings. The Morgan fingerprint density at radius 3 is 2.41 bits per heavy atom. The fraction of sp³-hybridized carbons (Fsp3) is 0.300. The van der Waals surface area contributed by atoms with Gasteiger partial charge in [-0.05, 0) is 69.8 Å². The number of hydrogen-bond acceptors (Lipinski definition) is 3. The zero-order valence-corrected chi connectivity index (χ0v) is 15.0. The van der Waals surface area contributed by atoms with E-state index in [1.165, 1.54) is 0 Å². The molecular formula is C10H8Br4O3. The first kappa shape index (κ1) is 15.6. The van der Waals surface area contributed by atoms with Crippen molar-refractivity contribution in [1.82, 2.24) is 0 Å². The van der Waals surface area contributed by atoms with E-state index >= 15 is 0 Å². The molecule has 0 aliphatic rings. The van der Waals surface area contributed by atoms with E-state index < -0.39 is 12.3 Å². The number of carbonyl (C=O) groups excluding carboxylic acids is 1. The predicted molar refractivity (Wildman–Crippen MR) is 79.0 cm³/mol. The summed E-state index contributed by atoms with van der Waals surface area (Å²) in [6.07, 6.45) is -0.738. The van der Waals surface area contributed by atoms with Gasteiger partial charge in [0, 0.05) is 24.3 Å². The Hall–Kier alpha value is 0.570. The van der Waals surface area contributed by atoms with Gasteiger partial charge in [-0.2, -0.15) is 0 Å². The number of rotatable bonds is 3. The van der Waals surface area contributed by atoms with E-state index in [-0.39, 0.29) is 0 Å². The van der Waals surface area contributed by atoms with Crippen LogP contribution in [0.4, 0.5) is 0 Å². The zero-order valence-electron chi connectivity index (χ0n) is 8.64. The number of ether oxygens (including phenoxy) is 1. The Labute approximate surface area is 132 Å². The molecule has 1 unspecified atom stereocenters. The number of carbonyl (C=O) groups is 1. The minimum Gasteiger partial charge on any atom is -0.432 e. The standard InChI is InChI=1S/C10H8Br4O3/c1-2-6(15)17-10(16)4-3-5(11)8(13)9(14)7(4)12/h3,6,15H,2H2,1H3. The molecule has 0 aliphatic heterocycles. The van der Waals surface area contributed by atoms with E-state index in [1.807, 2.05) is 0 Å². The van der Waals surface area contributed by atoms with Crippen LogP contribution < -0.4 is 0 Å². The summed E-state index contributed by atoms with van der Waals surface area (Å²) in [5.41, 5.74) is 0.333. The van der Waals surface area contributed by atoms with Crippen LogP contribution in [0, 0.1) is 0 Å². The van der Waals surface area contributed by atoms with Gasteiger partial charge in [0.25, 0.3) is 0 Å². The van der Waals surface area contributed by atoms with Crippen LogP contribution in [-0.2, 0) is 4.74 Å². The fourth-order valence-electron chi connectivity index (χ4n) is 0.992. The van der Waals surface area contributed by atoms with Crippen LogP contribution in [0.15, 0.2) is 24.0 Å². The molecule has 0 fully saturated rings. The molecule has 0 spiro atoms. The number of halogens is 4. The Morgan fingerprint density at radius 2 is 1.88 bits per heavy atom. The highest BCUT2D eigenvalue weighted by Gasteiger charge is 2.20. The number of aliphatic hydroxyl groups excluding tert-OH is 1. The molecule has 0 aliphatic carbocycles. The Bertz CT molecular complexity index is 448. The van der Waals surface area contributed by atoms with Crippen LogP contribution in [-0.4, -0.2) is 17.4 Å². The molecular weight excluding hydrogens is 488 g/mol. The number of hydrogen-bond donors (Lipinski definition) is 1. The maximum atomic E-state index is 11.8. The van der Waals surface area contributed by atoms with E-state index in [2.05, 4.69) is 63.7 Å². The molecule has 94 valence electrons. The Kier molecular flexibility index (Phi) is 6.12. The molecule has 1 rings (SSSR count). The van der Waals surface area contributed by atoms with Crippen LogP contribution in [0.3, 0.4) is 0 Å². The summed E-state index contributed by atoms with van der Waals surface area (Å²) in [7, 11) is 0. The number of benzene rings is 1. The highest BCUT2D eigenvalue weighted by molar-refractivity contribution is 9.15. The fourth-order valence-corrected chi connectivity index (χ4v) is 3.17. The number of aliphatic hydroxyl groups is 1. The summed E-state index contributed by atoms with van der Waals surface area (Å²) in [4.78, 5) is 11.8. The molecule has 1 N–H and O–H groups in total. The minimum absolute atomic E-state index is 0.333. The zero-order chi connectivity index (χ0) is 13.2. The SMILES string of the molecule is CCC(O)OC(=O)c1cc(Br)c(Br)c(Br)c1Br. The second-order valence-corrected chi connectivity index (χ2v) is 6.35. The number of esters is 1. The van der Waals surface area contributed by atoms with Gasteiger partial charge in [-0.3, -0.25) is 0 Å². The lowest BCUT2D eigenvalue weighted by atomic mass is 10.2. The van der Waals surface area contributed by atoms with Crippen LogP contribution in [0.5, 0.6) is 0 Å². The highest BCUT2D eigenvalue weighted by atomic mass is 79.9. The lowest BCUT2D eigenvalue weighted by molar-refractivity contribution is -0.0657. The van der Waals surface area contributed by atoms with E-state index in [1.54, 1.807) is 13.0 Å². The molecule has 0 amide bonds.